The number of fused-ring (bicyclic) bond motifs is 1. The van der Waals surface area contributed by atoms with Gasteiger partial charge < -0.3 is 10.3 Å². The summed E-state index contributed by atoms with van der Waals surface area (Å²) in [5, 5.41) is 1.33. The number of rotatable bonds is 4. The Bertz CT molecular complexity index is 717. The molecule has 3 heteroatoms. The van der Waals surface area contributed by atoms with E-state index in [0.717, 1.165) is 19.5 Å². The van der Waals surface area contributed by atoms with Crippen LogP contribution in [0.2, 0.25) is 0 Å². The molecule has 0 atom stereocenters. The Labute approximate surface area is 132 Å². The number of nitrogens with zero attached hydrogens (tertiary/aromatic N) is 1. The second kappa shape index (κ2) is 6.79. The number of para-hydroxylation sites is 1. The number of nitrogens with two attached hydrogens (primary N) is 1. The number of halogens is 1. The first-order valence-corrected chi connectivity index (χ1v) is 7.16. The fourth-order valence-electron chi connectivity index (χ4n) is 2.94. The maximum Gasteiger partial charge on any atom is 0.0488 e. The van der Waals surface area contributed by atoms with Crippen LogP contribution in [0.1, 0.15) is 12.1 Å². The van der Waals surface area contributed by atoms with Crippen molar-refractivity contribution >= 4 is 23.3 Å². The highest BCUT2D eigenvalue weighted by molar-refractivity contribution is 5.98. The smallest absolute Gasteiger partial charge is 0.0488 e. The minimum Gasteiger partial charge on any atom is -0.344 e. The molecule has 2 N–H and O–H groups in total. The van der Waals surface area contributed by atoms with E-state index in [-0.39, 0.29) is 12.4 Å². The zero-order valence-electron chi connectivity index (χ0n) is 12.3. The third-order valence-corrected chi connectivity index (χ3v) is 3.88. The molecule has 3 rings (SSSR count). The number of aromatic nitrogens is 1. The summed E-state index contributed by atoms with van der Waals surface area (Å²) < 4.78 is 2.39. The SMILES string of the molecule is Cc1c(-c2ccccc2)c2ccccc2n1CCCN.Cl. The molecule has 0 aliphatic carbocycles. The Balaban J connectivity index is 0.00000161. The van der Waals surface area contributed by atoms with Crippen LogP contribution in [0, 0.1) is 6.92 Å². The molecule has 0 saturated heterocycles. The summed E-state index contributed by atoms with van der Waals surface area (Å²) in [5.74, 6) is 0. The number of hydrogen-bond donors (Lipinski definition) is 1. The van der Waals surface area contributed by atoms with Crippen molar-refractivity contribution in [2.75, 3.05) is 6.54 Å². The second-order valence-electron chi connectivity index (χ2n) is 5.14. The monoisotopic (exact) mass is 300 g/mol. The summed E-state index contributed by atoms with van der Waals surface area (Å²) in [6.07, 6.45) is 1.01. The molecular weight excluding hydrogens is 280 g/mol. The zero-order valence-corrected chi connectivity index (χ0v) is 13.1. The van der Waals surface area contributed by atoms with Gasteiger partial charge in [0.25, 0.3) is 0 Å². The summed E-state index contributed by atoms with van der Waals surface area (Å²) in [6.45, 7) is 3.92. The van der Waals surface area contributed by atoms with Gasteiger partial charge in [0.05, 0.1) is 0 Å². The van der Waals surface area contributed by atoms with Crippen LogP contribution in [0.4, 0.5) is 0 Å². The van der Waals surface area contributed by atoms with Crippen molar-refractivity contribution in [2.24, 2.45) is 5.73 Å². The Morgan fingerprint density at radius 3 is 2.33 bits per heavy atom. The Hall–Kier alpha value is -1.77. The van der Waals surface area contributed by atoms with Crippen LogP contribution < -0.4 is 5.73 Å². The second-order valence-corrected chi connectivity index (χ2v) is 5.14. The van der Waals surface area contributed by atoms with E-state index in [4.69, 9.17) is 5.73 Å². The third-order valence-electron chi connectivity index (χ3n) is 3.88. The van der Waals surface area contributed by atoms with Crippen molar-refractivity contribution in [1.29, 1.82) is 0 Å². The summed E-state index contributed by atoms with van der Waals surface area (Å²) in [5.41, 5.74) is 10.9. The molecule has 21 heavy (non-hydrogen) atoms. The predicted octanol–water partition coefficient (Wildman–Crippen LogP) is 4.39. The summed E-state index contributed by atoms with van der Waals surface area (Å²) in [4.78, 5) is 0. The lowest BCUT2D eigenvalue weighted by Crippen LogP contribution is -2.06. The summed E-state index contributed by atoms with van der Waals surface area (Å²) in [6, 6.07) is 19.3. The average Bonchev–Trinajstić information content (AvgIpc) is 2.78. The molecule has 0 bridgehead atoms. The van der Waals surface area contributed by atoms with Gasteiger partial charge in [-0.3, -0.25) is 0 Å². The molecule has 2 aromatic carbocycles. The normalized spacial score (nSPS) is 10.6. The molecule has 0 spiro atoms. The van der Waals surface area contributed by atoms with Crippen LogP contribution in [0.25, 0.3) is 22.0 Å². The van der Waals surface area contributed by atoms with E-state index in [0.29, 0.717) is 0 Å². The highest BCUT2D eigenvalue weighted by Gasteiger charge is 2.14. The van der Waals surface area contributed by atoms with Gasteiger partial charge in [-0.1, -0.05) is 48.5 Å². The zero-order chi connectivity index (χ0) is 13.9. The van der Waals surface area contributed by atoms with Gasteiger partial charge in [0.15, 0.2) is 0 Å². The van der Waals surface area contributed by atoms with Gasteiger partial charge in [0.1, 0.15) is 0 Å². The maximum absolute atomic E-state index is 5.68. The molecule has 110 valence electrons. The van der Waals surface area contributed by atoms with Gasteiger partial charge in [-0.25, -0.2) is 0 Å². The van der Waals surface area contributed by atoms with Gasteiger partial charge in [-0.05, 0) is 31.5 Å². The van der Waals surface area contributed by atoms with Crippen molar-refractivity contribution in [1.82, 2.24) is 4.57 Å². The topological polar surface area (TPSA) is 30.9 Å². The Morgan fingerprint density at radius 1 is 0.952 bits per heavy atom. The first-order valence-electron chi connectivity index (χ1n) is 7.16. The summed E-state index contributed by atoms with van der Waals surface area (Å²) in [7, 11) is 0. The predicted molar refractivity (Wildman–Crippen MR) is 93.0 cm³/mol. The summed E-state index contributed by atoms with van der Waals surface area (Å²) >= 11 is 0. The van der Waals surface area contributed by atoms with Crippen LogP contribution in [0.3, 0.4) is 0 Å². The van der Waals surface area contributed by atoms with Gasteiger partial charge in [-0.15, -0.1) is 12.4 Å². The maximum atomic E-state index is 5.68. The Kier molecular flexibility index (Phi) is 5.05. The van der Waals surface area contributed by atoms with Gasteiger partial charge in [0.2, 0.25) is 0 Å². The van der Waals surface area contributed by atoms with Crippen LogP contribution in [0.5, 0.6) is 0 Å². The highest BCUT2D eigenvalue weighted by atomic mass is 35.5. The first kappa shape index (κ1) is 15.6. The van der Waals surface area contributed by atoms with E-state index in [9.17, 15) is 0 Å². The Morgan fingerprint density at radius 2 is 1.62 bits per heavy atom. The molecular formula is C18H21ClN2. The minimum atomic E-state index is 0. The van der Waals surface area contributed by atoms with Crippen molar-refractivity contribution in [2.45, 2.75) is 19.9 Å². The van der Waals surface area contributed by atoms with E-state index in [2.05, 4.69) is 66.1 Å². The lowest BCUT2D eigenvalue weighted by molar-refractivity contribution is 0.657. The first-order chi connectivity index (χ1) is 9.83. The fraction of sp³-hybridized carbons (Fsp3) is 0.222. The molecule has 0 saturated carbocycles. The van der Waals surface area contributed by atoms with E-state index in [1.807, 2.05) is 0 Å². The van der Waals surface area contributed by atoms with Crippen molar-refractivity contribution in [3.05, 3.63) is 60.3 Å². The molecule has 0 unspecified atom stereocenters. The lowest BCUT2D eigenvalue weighted by Gasteiger charge is -2.08. The largest absolute Gasteiger partial charge is 0.344 e. The van der Waals surface area contributed by atoms with Crippen LogP contribution in [-0.4, -0.2) is 11.1 Å². The number of hydrogen-bond acceptors (Lipinski definition) is 1. The van der Waals surface area contributed by atoms with Crippen LogP contribution >= 0.6 is 12.4 Å². The average molecular weight is 301 g/mol. The minimum absolute atomic E-state index is 0. The molecule has 1 aromatic heterocycles. The lowest BCUT2D eigenvalue weighted by atomic mass is 10.0. The molecule has 0 amide bonds. The quantitative estimate of drug-likeness (QED) is 0.761. The molecule has 0 radical (unpaired) electrons. The number of aryl methyl sites for hydroxylation is 1. The number of benzene rings is 2. The molecule has 0 aliphatic rings. The van der Waals surface area contributed by atoms with Crippen molar-refractivity contribution in [3.8, 4) is 11.1 Å². The van der Waals surface area contributed by atoms with E-state index in [1.165, 1.54) is 27.7 Å². The third kappa shape index (κ3) is 2.82. The van der Waals surface area contributed by atoms with E-state index < -0.39 is 0 Å². The van der Waals surface area contributed by atoms with Crippen LogP contribution in [0.15, 0.2) is 54.6 Å². The van der Waals surface area contributed by atoms with Gasteiger partial charge >= 0.3 is 0 Å². The molecule has 1 heterocycles. The van der Waals surface area contributed by atoms with E-state index in [1.54, 1.807) is 0 Å². The van der Waals surface area contributed by atoms with Gasteiger partial charge in [-0.2, -0.15) is 0 Å². The van der Waals surface area contributed by atoms with Crippen LogP contribution in [-0.2, 0) is 6.54 Å². The fourth-order valence-corrected chi connectivity index (χ4v) is 2.94. The van der Waals surface area contributed by atoms with Crippen molar-refractivity contribution in [3.63, 3.8) is 0 Å². The standard InChI is InChI=1S/C18H20N2.ClH/c1-14-18(15-8-3-2-4-9-15)16-10-5-6-11-17(16)20(14)13-7-12-19;/h2-6,8-11H,7,12-13,19H2,1H3;1H. The van der Waals surface area contributed by atoms with Crippen molar-refractivity contribution < 1.29 is 0 Å². The molecule has 0 aliphatic heterocycles. The van der Waals surface area contributed by atoms with E-state index >= 15 is 0 Å². The van der Waals surface area contributed by atoms with Gasteiger partial charge in [0, 0.05) is 28.7 Å². The molecule has 2 nitrogen and oxygen atoms in total. The molecule has 3 aromatic rings. The molecule has 0 fully saturated rings. The highest BCUT2D eigenvalue weighted by Crippen LogP contribution is 2.34.